The van der Waals surface area contributed by atoms with Gasteiger partial charge in [-0.2, -0.15) is 0 Å². The van der Waals surface area contributed by atoms with Gasteiger partial charge in [0.15, 0.2) is 17.1 Å². The Morgan fingerprint density at radius 1 is 0.924 bits per heavy atom. The van der Waals surface area contributed by atoms with E-state index in [1.54, 1.807) is 42.4 Å². The minimum atomic E-state index is -3.55. The number of hydrogen-bond acceptors (Lipinski definition) is 18. The summed E-state index contributed by atoms with van der Waals surface area (Å²) >= 11 is 0. The van der Waals surface area contributed by atoms with Crippen LogP contribution in [0.2, 0.25) is 0 Å². The molecule has 0 aliphatic carbocycles. The van der Waals surface area contributed by atoms with Crippen molar-refractivity contribution in [1.82, 2.24) is 50.6 Å². The highest BCUT2D eigenvalue weighted by Gasteiger charge is 2.45. The molecule has 2 unspecified atom stereocenters. The molecule has 25 heteroatoms. The van der Waals surface area contributed by atoms with Gasteiger partial charge in [0.1, 0.15) is 32.0 Å². The van der Waals surface area contributed by atoms with E-state index in [0.717, 1.165) is 35.7 Å². The smallest absolute Gasteiger partial charge is 0.343 e. The standard InChI is InChI=1S/C54H68N10O14S/c1-8-54(72)38-22-41-48-36(27-64(41)51(70)37(38)28-76-52(54)71)34(35-21-42-43(78-31-77-42)23-40(35)59-48)18-20-63(9-2)46(67)29-75-30-58-45(66)26-55-49(68)39(16-13-14-19-62(5)6)60-50(69)47(32(3)4)61-44(65)17-12-10-11-15-33-24-56-53(57-25-33)79(7,73)74/h21-25,32,39,47,72H,8-10,12-14,16-20,26-31H2,1-7H3,(H,55,68)(H,58,66)(H,60,69)(H,61,65)/t39?,47?,54-/m0/s1. The van der Waals surface area contributed by atoms with E-state index in [9.17, 15) is 47.1 Å². The maximum Gasteiger partial charge on any atom is 0.343 e. The second kappa shape index (κ2) is 26.0. The number of benzene rings is 1. The number of likely N-dealkylation sites (N-methyl/N-ethyl adjacent to an activating group) is 1. The van der Waals surface area contributed by atoms with E-state index in [1.807, 2.05) is 32.0 Å². The highest BCUT2D eigenvalue weighted by molar-refractivity contribution is 7.90. The van der Waals surface area contributed by atoms with Gasteiger partial charge in [-0.1, -0.05) is 32.6 Å². The summed E-state index contributed by atoms with van der Waals surface area (Å²) in [6.45, 7) is 6.98. The van der Waals surface area contributed by atoms with Crippen LogP contribution in [-0.2, 0) is 73.3 Å². The molecular weight excluding hydrogens is 1040 g/mol. The lowest BCUT2D eigenvalue weighted by atomic mass is 9.86. The highest BCUT2D eigenvalue weighted by atomic mass is 32.2. The molecule has 424 valence electrons. The number of cyclic esters (lactones) is 1. The fourth-order valence-electron chi connectivity index (χ4n) is 9.42. The van der Waals surface area contributed by atoms with Crippen molar-refractivity contribution in [1.29, 1.82) is 0 Å². The van der Waals surface area contributed by atoms with Crippen LogP contribution in [0.3, 0.4) is 0 Å². The van der Waals surface area contributed by atoms with E-state index in [4.69, 9.17) is 23.9 Å². The van der Waals surface area contributed by atoms with Crippen molar-refractivity contribution < 1.29 is 61.2 Å². The van der Waals surface area contributed by atoms with E-state index in [2.05, 4.69) is 43.1 Å². The topological polar surface area (TPSA) is 309 Å². The first-order chi connectivity index (χ1) is 37.6. The van der Waals surface area contributed by atoms with Crippen LogP contribution in [0.1, 0.15) is 100 Å². The summed E-state index contributed by atoms with van der Waals surface area (Å²) in [6.07, 6.45) is 6.25. The maximum absolute atomic E-state index is 14.0. The van der Waals surface area contributed by atoms with Gasteiger partial charge >= 0.3 is 5.97 Å². The number of esters is 1. The zero-order chi connectivity index (χ0) is 57.2. The van der Waals surface area contributed by atoms with Crippen molar-refractivity contribution in [2.24, 2.45) is 5.92 Å². The number of pyridine rings is 2. The number of carbonyl (C=O) groups is 6. The lowest BCUT2D eigenvalue weighted by molar-refractivity contribution is -0.172. The summed E-state index contributed by atoms with van der Waals surface area (Å²) in [4.78, 5) is 110. The van der Waals surface area contributed by atoms with Crippen LogP contribution in [0, 0.1) is 17.8 Å². The molecule has 79 heavy (non-hydrogen) atoms. The Bertz CT molecular complexity index is 3230. The van der Waals surface area contributed by atoms with Crippen LogP contribution in [0.4, 0.5) is 0 Å². The van der Waals surface area contributed by atoms with Gasteiger partial charge in [-0.25, -0.2) is 28.2 Å². The predicted molar refractivity (Wildman–Crippen MR) is 286 cm³/mol. The molecule has 0 bridgehead atoms. The van der Waals surface area contributed by atoms with Crippen molar-refractivity contribution in [3.8, 4) is 34.7 Å². The van der Waals surface area contributed by atoms with Crippen LogP contribution >= 0.6 is 0 Å². The number of aliphatic hydroxyl groups is 1. The summed E-state index contributed by atoms with van der Waals surface area (Å²) in [5, 5.41) is 22.5. The second-order valence-electron chi connectivity index (χ2n) is 20.1. The predicted octanol–water partition coefficient (Wildman–Crippen LogP) is 1.18. The molecule has 4 aromatic rings. The molecule has 0 spiro atoms. The number of unbranched alkanes of at least 4 members (excludes halogenated alkanes) is 2. The van der Waals surface area contributed by atoms with Crippen molar-refractivity contribution in [3.63, 3.8) is 0 Å². The number of rotatable bonds is 25. The van der Waals surface area contributed by atoms with Crippen LogP contribution in [0.15, 0.2) is 40.5 Å². The van der Waals surface area contributed by atoms with E-state index in [-0.39, 0.29) is 87.2 Å². The minimum absolute atomic E-state index is 0.00650. The molecule has 0 saturated carbocycles. The first-order valence-corrected chi connectivity index (χ1v) is 28.1. The number of ether oxygens (including phenoxy) is 4. The van der Waals surface area contributed by atoms with Gasteiger partial charge in [0.25, 0.3) is 5.56 Å². The molecule has 6 heterocycles. The van der Waals surface area contributed by atoms with Crippen molar-refractivity contribution in [3.05, 3.63) is 68.8 Å². The number of nitrogens with one attached hydrogen (secondary N) is 4. The molecule has 24 nitrogen and oxygen atoms in total. The van der Waals surface area contributed by atoms with Gasteiger partial charge in [0.05, 0.1) is 41.1 Å². The SMILES string of the molecule is CCN(CCc1c2c(nc3cc4c(cc13)OCO4)-c1cc3c(c(=O)n1C2)COC(=O)[C@]3(O)CC)C(=O)COCNC(=O)CNC(=O)C(CCCCN(C)C)NC(=O)C(NC(=O)CCCC#Cc1cnc(S(C)(=O)=O)nc1)C(C)C. The number of aromatic nitrogens is 4. The van der Waals surface area contributed by atoms with E-state index >= 15 is 0 Å². The summed E-state index contributed by atoms with van der Waals surface area (Å²) in [5.74, 6) is 3.04. The highest BCUT2D eigenvalue weighted by Crippen LogP contribution is 2.43. The van der Waals surface area contributed by atoms with Gasteiger partial charge in [0.2, 0.25) is 51.3 Å². The molecule has 3 aromatic heterocycles. The van der Waals surface area contributed by atoms with Crippen molar-refractivity contribution in [2.75, 3.05) is 66.7 Å². The third-order valence-corrected chi connectivity index (χ3v) is 14.7. The lowest BCUT2D eigenvalue weighted by Gasteiger charge is -2.31. The van der Waals surface area contributed by atoms with Crippen molar-refractivity contribution >= 4 is 56.2 Å². The lowest BCUT2D eigenvalue weighted by Crippen LogP contribution is -2.56. The number of carbonyl (C=O) groups excluding carboxylic acids is 6. The summed E-state index contributed by atoms with van der Waals surface area (Å²) in [6, 6.07) is 3.23. The van der Waals surface area contributed by atoms with Gasteiger partial charge in [0, 0.05) is 67.2 Å². The molecule has 5 N–H and O–H groups in total. The Labute approximate surface area is 457 Å². The second-order valence-corrected chi connectivity index (χ2v) is 22.0. The fraction of sp³-hybridized carbons (Fsp3) is 0.519. The average Bonchev–Trinajstić information content (AvgIpc) is 4.28. The van der Waals surface area contributed by atoms with E-state index in [0.29, 0.717) is 66.2 Å². The number of sulfone groups is 1. The van der Waals surface area contributed by atoms with Crippen LogP contribution in [0.5, 0.6) is 11.5 Å². The van der Waals surface area contributed by atoms with Gasteiger partial charge in [-0.15, -0.1) is 0 Å². The van der Waals surface area contributed by atoms with Gasteiger partial charge < -0.3 is 59.7 Å². The molecule has 3 aliphatic rings. The molecule has 3 atom stereocenters. The average molecular weight is 1110 g/mol. The monoisotopic (exact) mass is 1110 g/mol. The number of nitrogens with zero attached hydrogens (tertiary/aromatic N) is 6. The minimum Gasteiger partial charge on any atom is -0.458 e. The maximum atomic E-state index is 14.0. The van der Waals surface area contributed by atoms with E-state index < -0.39 is 69.2 Å². The van der Waals surface area contributed by atoms with Crippen LogP contribution in [-0.4, -0.2) is 157 Å². The Hall–Kier alpha value is -7.53. The Morgan fingerprint density at radius 2 is 1.66 bits per heavy atom. The molecule has 7 rings (SSSR count). The Morgan fingerprint density at radius 3 is 2.34 bits per heavy atom. The molecule has 0 fully saturated rings. The molecule has 3 aliphatic heterocycles. The molecule has 0 saturated heterocycles. The zero-order valence-corrected chi connectivity index (χ0v) is 46.3. The quantitative estimate of drug-likeness (QED) is 0.0180. The van der Waals surface area contributed by atoms with Crippen molar-refractivity contribution in [2.45, 2.75) is 115 Å². The summed E-state index contributed by atoms with van der Waals surface area (Å²) in [7, 11) is 0.298. The summed E-state index contributed by atoms with van der Waals surface area (Å²) < 4.78 is 46.9. The third kappa shape index (κ3) is 14.2. The normalized spacial score (nSPS) is 15.7. The Kier molecular flexibility index (Phi) is 19.4. The Balaban J connectivity index is 0.909. The van der Waals surface area contributed by atoms with Gasteiger partial charge in [-0.05, 0) is 89.7 Å². The molecular formula is C54H68N10O14S. The molecule has 0 radical (unpaired) electrons. The third-order valence-electron chi connectivity index (χ3n) is 13.8. The van der Waals surface area contributed by atoms with Crippen LogP contribution < -0.4 is 36.3 Å². The van der Waals surface area contributed by atoms with Gasteiger partial charge in [-0.3, -0.25) is 28.8 Å². The first kappa shape index (κ1) is 59.1. The number of fused-ring (bicyclic) bond motifs is 6. The summed E-state index contributed by atoms with van der Waals surface area (Å²) in [5.41, 5.74) is 1.42. The molecule has 5 amide bonds. The zero-order valence-electron chi connectivity index (χ0n) is 45.5. The number of amides is 5. The largest absolute Gasteiger partial charge is 0.458 e. The first-order valence-electron chi connectivity index (χ1n) is 26.2. The van der Waals surface area contributed by atoms with E-state index in [1.165, 1.54) is 12.4 Å². The number of hydrogen-bond donors (Lipinski definition) is 5. The van der Waals surface area contributed by atoms with Crippen LogP contribution in [0.25, 0.3) is 22.3 Å². The fourth-order valence-corrected chi connectivity index (χ4v) is 9.91. The molecule has 1 aromatic carbocycles.